The monoisotopic (exact) mass is 407 g/mol. The Morgan fingerprint density at radius 1 is 1.28 bits per heavy atom. The quantitative estimate of drug-likeness (QED) is 0.690. The van der Waals surface area contributed by atoms with Crippen molar-refractivity contribution in [2.75, 3.05) is 6.54 Å². The van der Waals surface area contributed by atoms with Gasteiger partial charge in [-0.25, -0.2) is 0 Å². The second kappa shape index (κ2) is 6.53. The predicted octanol–water partition coefficient (Wildman–Crippen LogP) is 5.63. The van der Waals surface area contributed by atoms with Crippen molar-refractivity contribution < 1.29 is 0 Å². The Balaban J connectivity index is 2.41. The number of hydrogen-bond acceptors (Lipinski definition) is 2. The second-order valence-corrected chi connectivity index (χ2v) is 7.32. The standard InChI is InChI=1S/C13H12Br2ClNS/c1-2-17-13(11-5-6-12(16)18-11)9-4-3-8(14)7-10(9)15/h3-7,13,17H,2H2,1H3. The SMILES string of the molecule is CCNC(c1ccc(Cl)s1)c1ccc(Br)cc1Br. The molecule has 0 aliphatic rings. The molecule has 1 N–H and O–H groups in total. The van der Waals surface area contributed by atoms with Crippen molar-refractivity contribution >= 4 is 54.8 Å². The lowest BCUT2D eigenvalue weighted by Crippen LogP contribution is -2.21. The average Bonchev–Trinajstić information content (AvgIpc) is 2.73. The topological polar surface area (TPSA) is 12.0 Å². The minimum absolute atomic E-state index is 0.176. The molecule has 0 amide bonds. The highest BCUT2D eigenvalue weighted by atomic mass is 79.9. The van der Waals surface area contributed by atoms with Gasteiger partial charge in [-0.15, -0.1) is 11.3 Å². The Morgan fingerprint density at radius 2 is 2.06 bits per heavy atom. The van der Waals surface area contributed by atoms with E-state index in [0.29, 0.717) is 0 Å². The Kier molecular flexibility index (Phi) is 5.27. The summed E-state index contributed by atoms with van der Waals surface area (Å²) >= 11 is 14.7. The summed E-state index contributed by atoms with van der Waals surface area (Å²) in [6, 6.07) is 10.4. The Hall–Kier alpha value is 0.130. The molecule has 0 aliphatic heterocycles. The van der Waals surface area contributed by atoms with Gasteiger partial charge in [0.1, 0.15) is 0 Å². The molecule has 18 heavy (non-hydrogen) atoms. The average molecular weight is 410 g/mol. The lowest BCUT2D eigenvalue weighted by atomic mass is 10.1. The van der Waals surface area contributed by atoms with E-state index in [9.17, 15) is 0 Å². The van der Waals surface area contributed by atoms with Crippen molar-refractivity contribution in [3.63, 3.8) is 0 Å². The minimum Gasteiger partial charge on any atom is -0.306 e. The van der Waals surface area contributed by atoms with Gasteiger partial charge in [-0.2, -0.15) is 0 Å². The number of benzene rings is 1. The Bertz CT molecular complexity index is 542. The van der Waals surface area contributed by atoms with Gasteiger partial charge in [-0.1, -0.05) is 56.5 Å². The van der Waals surface area contributed by atoms with Gasteiger partial charge in [0.15, 0.2) is 0 Å². The zero-order chi connectivity index (χ0) is 13.1. The van der Waals surface area contributed by atoms with Gasteiger partial charge in [-0.3, -0.25) is 0 Å². The largest absolute Gasteiger partial charge is 0.306 e. The van der Waals surface area contributed by atoms with E-state index in [1.807, 2.05) is 6.07 Å². The fraction of sp³-hybridized carbons (Fsp3) is 0.231. The third-order valence-electron chi connectivity index (χ3n) is 2.56. The number of thiophene rings is 1. The van der Waals surface area contributed by atoms with E-state index in [1.54, 1.807) is 11.3 Å². The summed E-state index contributed by atoms with van der Waals surface area (Å²) in [6.07, 6.45) is 0. The van der Waals surface area contributed by atoms with E-state index in [1.165, 1.54) is 10.4 Å². The molecule has 1 aromatic carbocycles. The molecule has 1 aromatic heterocycles. The third-order valence-corrected chi connectivity index (χ3v) is 5.04. The van der Waals surface area contributed by atoms with E-state index in [-0.39, 0.29) is 6.04 Å². The fourth-order valence-electron chi connectivity index (χ4n) is 1.79. The smallest absolute Gasteiger partial charge is 0.0931 e. The second-order valence-electron chi connectivity index (χ2n) is 3.80. The number of rotatable bonds is 4. The maximum absolute atomic E-state index is 6.03. The zero-order valence-corrected chi connectivity index (χ0v) is 14.5. The molecular formula is C13H12Br2ClNS. The molecule has 0 bridgehead atoms. The highest BCUT2D eigenvalue weighted by Crippen LogP contribution is 2.35. The summed E-state index contributed by atoms with van der Waals surface area (Å²) in [4.78, 5) is 1.23. The van der Waals surface area contributed by atoms with Crippen LogP contribution in [0, 0.1) is 0 Å². The number of hydrogen-bond donors (Lipinski definition) is 1. The van der Waals surface area contributed by atoms with E-state index < -0.39 is 0 Å². The van der Waals surface area contributed by atoms with Crippen LogP contribution in [-0.4, -0.2) is 6.54 Å². The first-order valence-electron chi connectivity index (χ1n) is 5.55. The molecule has 1 nitrogen and oxygen atoms in total. The van der Waals surface area contributed by atoms with Crippen molar-refractivity contribution in [3.05, 3.63) is 54.1 Å². The molecule has 1 heterocycles. The highest BCUT2D eigenvalue weighted by molar-refractivity contribution is 9.11. The summed E-state index contributed by atoms with van der Waals surface area (Å²) in [5.74, 6) is 0. The molecule has 2 aromatic rings. The maximum Gasteiger partial charge on any atom is 0.0931 e. The van der Waals surface area contributed by atoms with Crippen molar-refractivity contribution in [1.29, 1.82) is 0 Å². The Morgan fingerprint density at radius 3 is 2.61 bits per heavy atom. The van der Waals surface area contributed by atoms with E-state index in [0.717, 1.165) is 19.8 Å². The first kappa shape index (κ1) is 14.5. The lowest BCUT2D eigenvalue weighted by Gasteiger charge is -2.18. The van der Waals surface area contributed by atoms with Crippen LogP contribution in [0.15, 0.2) is 39.3 Å². The molecule has 1 atom stereocenters. The van der Waals surface area contributed by atoms with Gasteiger partial charge in [0.2, 0.25) is 0 Å². The number of nitrogens with one attached hydrogen (secondary N) is 1. The van der Waals surface area contributed by atoms with Crippen LogP contribution in [0.3, 0.4) is 0 Å². The lowest BCUT2D eigenvalue weighted by molar-refractivity contribution is 0.637. The summed E-state index contributed by atoms with van der Waals surface area (Å²) in [5.41, 5.74) is 1.22. The van der Waals surface area contributed by atoms with E-state index >= 15 is 0 Å². The van der Waals surface area contributed by atoms with Crippen LogP contribution in [0.4, 0.5) is 0 Å². The minimum atomic E-state index is 0.176. The highest BCUT2D eigenvalue weighted by Gasteiger charge is 2.17. The van der Waals surface area contributed by atoms with Crippen molar-refractivity contribution in [2.24, 2.45) is 0 Å². The van der Waals surface area contributed by atoms with Crippen molar-refractivity contribution in [3.8, 4) is 0 Å². The normalized spacial score (nSPS) is 12.7. The zero-order valence-electron chi connectivity index (χ0n) is 9.71. The maximum atomic E-state index is 6.03. The van der Waals surface area contributed by atoms with Crippen LogP contribution in [0.2, 0.25) is 4.34 Å². The van der Waals surface area contributed by atoms with Gasteiger partial charge in [0.05, 0.1) is 10.4 Å². The Labute approximate surface area is 133 Å². The first-order chi connectivity index (χ1) is 8.61. The van der Waals surface area contributed by atoms with Crippen LogP contribution in [-0.2, 0) is 0 Å². The fourth-order valence-corrected chi connectivity index (χ4v) is 4.22. The van der Waals surface area contributed by atoms with Crippen LogP contribution in [0.5, 0.6) is 0 Å². The molecule has 0 radical (unpaired) electrons. The summed E-state index contributed by atoms with van der Waals surface area (Å²) in [6.45, 7) is 3.01. The van der Waals surface area contributed by atoms with Crippen molar-refractivity contribution in [2.45, 2.75) is 13.0 Å². The molecule has 0 saturated carbocycles. The molecule has 0 spiro atoms. The van der Waals surface area contributed by atoms with Gasteiger partial charge in [-0.05, 0) is 36.4 Å². The van der Waals surface area contributed by atoms with Gasteiger partial charge < -0.3 is 5.32 Å². The molecule has 5 heteroatoms. The summed E-state index contributed by atoms with van der Waals surface area (Å²) in [5, 5.41) is 3.50. The molecule has 0 aliphatic carbocycles. The number of halogens is 3. The van der Waals surface area contributed by atoms with E-state index in [2.05, 4.69) is 68.4 Å². The molecule has 1 unspecified atom stereocenters. The molecule has 96 valence electrons. The summed E-state index contributed by atoms with van der Waals surface area (Å²) in [7, 11) is 0. The third kappa shape index (κ3) is 3.36. The molecular weight excluding hydrogens is 397 g/mol. The summed E-state index contributed by atoms with van der Waals surface area (Å²) < 4.78 is 2.98. The van der Waals surface area contributed by atoms with E-state index in [4.69, 9.17) is 11.6 Å². The van der Waals surface area contributed by atoms with Crippen LogP contribution >= 0.6 is 54.8 Å². The van der Waals surface area contributed by atoms with Gasteiger partial charge in [0.25, 0.3) is 0 Å². The van der Waals surface area contributed by atoms with Gasteiger partial charge in [0, 0.05) is 13.8 Å². The van der Waals surface area contributed by atoms with Crippen LogP contribution in [0.1, 0.15) is 23.4 Å². The van der Waals surface area contributed by atoms with Gasteiger partial charge >= 0.3 is 0 Å². The predicted molar refractivity (Wildman–Crippen MR) is 86.7 cm³/mol. The molecule has 0 fully saturated rings. The van der Waals surface area contributed by atoms with Crippen LogP contribution < -0.4 is 5.32 Å². The first-order valence-corrected chi connectivity index (χ1v) is 8.33. The molecule has 2 rings (SSSR count). The molecule has 0 saturated heterocycles. The van der Waals surface area contributed by atoms with Crippen LogP contribution in [0.25, 0.3) is 0 Å². The van der Waals surface area contributed by atoms with Crippen molar-refractivity contribution in [1.82, 2.24) is 5.32 Å².